The largest absolute Gasteiger partial charge is 0.496 e. The molecule has 1 amide bonds. The van der Waals surface area contributed by atoms with E-state index in [1.807, 2.05) is 25.1 Å². The van der Waals surface area contributed by atoms with Crippen molar-refractivity contribution in [2.24, 2.45) is 5.14 Å². The molecule has 0 aliphatic heterocycles. The quantitative estimate of drug-likeness (QED) is 0.732. The lowest BCUT2D eigenvalue weighted by Gasteiger charge is -2.12. The number of amides is 1. The first kappa shape index (κ1) is 17.8. The predicted octanol–water partition coefficient (Wildman–Crippen LogP) is 2.45. The summed E-state index contributed by atoms with van der Waals surface area (Å²) in [6.45, 7) is 1.94. The van der Waals surface area contributed by atoms with Crippen molar-refractivity contribution >= 4 is 32.5 Å². The fourth-order valence-electron chi connectivity index (χ4n) is 2.60. The number of methoxy groups -OCH3 is 1. The van der Waals surface area contributed by atoms with Crippen LogP contribution in [-0.2, 0) is 10.0 Å². The van der Waals surface area contributed by atoms with Crippen LogP contribution < -0.4 is 15.2 Å². The smallest absolute Gasteiger partial charge is 0.259 e. The van der Waals surface area contributed by atoms with E-state index < -0.39 is 15.9 Å². The maximum atomic E-state index is 12.8. The number of anilines is 1. The molecule has 0 spiro atoms. The van der Waals surface area contributed by atoms with Crippen molar-refractivity contribution in [3.63, 3.8) is 0 Å². The van der Waals surface area contributed by atoms with Gasteiger partial charge in [0.25, 0.3) is 5.91 Å². The van der Waals surface area contributed by atoms with Crippen LogP contribution in [0.5, 0.6) is 5.75 Å². The van der Waals surface area contributed by atoms with E-state index in [1.54, 1.807) is 12.3 Å². The molecule has 0 unspecified atom stereocenters. The maximum absolute atomic E-state index is 12.8. The van der Waals surface area contributed by atoms with Crippen molar-refractivity contribution in [3.8, 4) is 5.75 Å². The first-order valence-corrected chi connectivity index (χ1v) is 9.22. The number of benzene rings is 2. The molecule has 3 aromatic rings. The van der Waals surface area contributed by atoms with E-state index >= 15 is 0 Å². The van der Waals surface area contributed by atoms with E-state index in [0.29, 0.717) is 5.69 Å². The first-order valence-electron chi connectivity index (χ1n) is 7.67. The Morgan fingerprint density at radius 3 is 2.62 bits per heavy atom. The highest BCUT2D eigenvalue weighted by atomic mass is 32.2. The normalized spacial score (nSPS) is 11.3. The summed E-state index contributed by atoms with van der Waals surface area (Å²) in [5.41, 5.74) is 2.39. The second-order valence-corrected chi connectivity index (χ2v) is 7.30. The van der Waals surface area contributed by atoms with Crippen molar-refractivity contribution in [2.75, 3.05) is 12.4 Å². The average molecular weight is 371 g/mol. The second kappa shape index (κ2) is 6.74. The fraction of sp³-hybridized carbons (Fsp3) is 0.111. The lowest BCUT2D eigenvalue weighted by molar-refractivity contribution is 0.102. The van der Waals surface area contributed by atoms with Gasteiger partial charge in [-0.25, -0.2) is 13.6 Å². The summed E-state index contributed by atoms with van der Waals surface area (Å²) in [5, 5.41) is 8.72. The summed E-state index contributed by atoms with van der Waals surface area (Å²) >= 11 is 0. The SMILES string of the molecule is COc1ccc(S(N)(=O)=O)cc1C(=O)Nc1ccnc2ccc(C)cc12. The van der Waals surface area contributed by atoms with Crippen molar-refractivity contribution in [2.45, 2.75) is 11.8 Å². The number of pyridine rings is 1. The van der Waals surface area contributed by atoms with Gasteiger partial charge in [0.15, 0.2) is 0 Å². The van der Waals surface area contributed by atoms with Crippen LogP contribution >= 0.6 is 0 Å². The number of ether oxygens (including phenoxy) is 1. The molecule has 8 heteroatoms. The van der Waals surface area contributed by atoms with Crippen molar-refractivity contribution in [1.82, 2.24) is 4.98 Å². The number of aromatic nitrogens is 1. The summed E-state index contributed by atoms with van der Waals surface area (Å²) < 4.78 is 28.3. The van der Waals surface area contributed by atoms with Crippen LogP contribution in [0, 0.1) is 6.92 Å². The van der Waals surface area contributed by atoms with Gasteiger partial charge < -0.3 is 10.1 Å². The number of nitrogens with two attached hydrogens (primary N) is 1. The van der Waals surface area contributed by atoms with Gasteiger partial charge in [-0.3, -0.25) is 9.78 Å². The minimum absolute atomic E-state index is 0.0663. The van der Waals surface area contributed by atoms with E-state index in [-0.39, 0.29) is 16.2 Å². The molecule has 0 aliphatic carbocycles. The van der Waals surface area contributed by atoms with Gasteiger partial charge in [-0.2, -0.15) is 0 Å². The predicted molar refractivity (Wildman–Crippen MR) is 98.8 cm³/mol. The summed E-state index contributed by atoms with van der Waals surface area (Å²) in [5.74, 6) is -0.272. The molecule has 134 valence electrons. The Hall–Kier alpha value is -2.97. The maximum Gasteiger partial charge on any atom is 0.259 e. The highest BCUT2D eigenvalue weighted by Crippen LogP contribution is 2.26. The molecule has 0 aliphatic rings. The van der Waals surface area contributed by atoms with Crippen LogP contribution in [0.4, 0.5) is 5.69 Å². The van der Waals surface area contributed by atoms with E-state index in [2.05, 4.69) is 10.3 Å². The van der Waals surface area contributed by atoms with E-state index in [4.69, 9.17) is 9.88 Å². The zero-order valence-corrected chi connectivity index (χ0v) is 15.0. The van der Waals surface area contributed by atoms with Gasteiger partial charge in [-0.1, -0.05) is 11.6 Å². The molecule has 0 atom stereocenters. The summed E-state index contributed by atoms with van der Waals surface area (Å²) in [4.78, 5) is 16.9. The van der Waals surface area contributed by atoms with Crippen LogP contribution in [0.15, 0.2) is 53.6 Å². The number of nitrogens with zero attached hydrogens (tertiary/aromatic N) is 1. The zero-order chi connectivity index (χ0) is 18.9. The van der Waals surface area contributed by atoms with Crippen LogP contribution in [-0.4, -0.2) is 26.4 Å². The molecule has 0 bridgehead atoms. The molecule has 1 aromatic heterocycles. The number of carbonyl (C=O) groups is 1. The zero-order valence-electron chi connectivity index (χ0n) is 14.2. The highest BCUT2D eigenvalue weighted by Gasteiger charge is 2.18. The molecule has 0 fully saturated rings. The van der Waals surface area contributed by atoms with E-state index in [0.717, 1.165) is 16.5 Å². The summed E-state index contributed by atoms with van der Waals surface area (Å²) in [7, 11) is -2.55. The molecule has 0 saturated heterocycles. The monoisotopic (exact) mass is 371 g/mol. The number of hydrogen-bond acceptors (Lipinski definition) is 5. The molecule has 3 rings (SSSR count). The molecule has 26 heavy (non-hydrogen) atoms. The van der Waals surface area contributed by atoms with Gasteiger partial charge in [-0.15, -0.1) is 0 Å². The van der Waals surface area contributed by atoms with Gasteiger partial charge in [-0.05, 0) is 43.3 Å². The number of nitrogens with one attached hydrogen (secondary N) is 1. The number of fused-ring (bicyclic) bond motifs is 1. The van der Waals surface area contributed by atoms with Crippen LogP contribution in [0.25, 0.3) is 10.9 Å². The van der Waals surface area contributed by atoms with E-state index in [1.165, 1.54) is 25.3 Å². The Bertz CT molecular complexity index is 1110. The molecule has 0 saturated carbocycles. The standard InChI is InChI=1S/C18H17N3O4S/c1-11-3-5-15-13(9-11)16(7-8-20-15)21-18(22)14-10-12(26(19,23)24)4-6-17(14)25-2/h3-10H,1-2H3,(H2,19,23,24)(H,20,21,22). The average Bonchev–Trinajstić information content (AvgIpc) is 2.60. The summed E-state index contributed by atoms with van der Waals surface area (Å²) in [6, 6.07) is 11.3. The molecule has 3 N–H and O–H groups in total. The van der Waals surface area contributed by atoms with Gasteiger partial charge in [0.05, 0.1) is 28.8 Å². The first-order chi connectivity index (χ1) is 12.3. The van der Waals surface area contributed by atoms with Crippen LogP contribution in [0.2, 0.25) is 0 Å². The van der Waals surface area contributed by atoms with Crippen LogP contribution in [0.3, 0.4) is 0 Å². The van der Waals surface area contributed by atoms with E-state index in [9.17, 15) is 13.2 Å². The van der Waals surface area contributed by atoms with Gasteiger partial charge in [0.2, 0.25) is 10.0 Å². The minimum atomic E-state index is -3.94. The van der Waals surface area contributed by atoms with Gasteiger partial charge >= 0.3 is 0 Å². The number of hydrogen-bond donors (Lipinski definition) is 2. The lowest BCUT2D eigenvalue weighted by Crippen LogP contribution is -2.17. The topological polar surface area (TPSA) is 111 Å². The number of sulfonamides is 1. The fourth-order valence-corrected chi connectivity index (χ4v) is 3.14. The Kier molecular flexibility index (Phi) is 4.62. The van der Waals surface area contributed by atoms with Gasteiger partial charge in [0, 0.05) is 11.6 Å². The minimum Gasteiger partial charge on any atom is -0.496 e. The van der Waals surface area contributed by atoms with Crippen molar-refractivity contribution < 1.29 is 17.9 Å². The second-order valence-electron chi connectivity index (χ2n) is 5.74. The number of primary sulfonamides is 1. The Balaban J connectivity index is 2.05. The Labute approximate surface area is 150 Å². The third-order valence-electron chi connectivity index (χ3n) is 3.89. The molecule has 2 aromatic carbocycles. The van der Waals surface area contributed by atoms with Crippen LogP contribution in [0.1, 0.15) is 15.9 Å². The highest BCUT2D eigenvalue weighted by molar-refractivity contribution is 7.89. The molecule has 0 radical (unpaired) electrons. The molecular formula is C18H17N3O4S. The third-order valence-corrected chi connectivity index (χ3v) is 4.80. The van der Waals surface area contributed by atoms with Crippen molar-refractivity contribution in [3.05, 3.63) is 59.8 Å². The Morgan fingerprint density at radius 1 is 1.15 bits per heavy atom. The van der Waals surface area contributed by atoms with Gasteiger partial charge in [0.1, 0.15) is 5.75 Å². The molecule has 1 heterocycles. The number of aryl methyl sites for hydroxylation is 1. The number of rotatable bonds is 4. The molecular weight excluding hydrogens is 354 g/mol. The Morgan fingerprint density at radius 2 is 1.92 bits per heavy atom. The third kappa shape index (κ3) is 3.51. The molecule has 7 nitrogen and oxygen atoms in total. The summed E-state index contributed by atoms with van der Waals surface area (Å²) in [6.07, 6.45) is 1.59. The van der Waals surface area contributed by atoms with Crippen molar-refractivity contribution in [1.29, 1.82) is 0 Å². The number of carbonyl (C=O) groups excluding carboxylic acids is 1. The lowest BCUT2D eigenvalue weighted by atomic mass is 10.1.